The molecule has 1 unspecified atom stereocenters. The second-order valence-electron chi connectivity index (χ2n) is 7.44. The number of fused-ring (bicyclic) bond motifs is 1. The molecule has 0 radical (unpaired) electrons. The van der Waals surface area contributed by atoms with Gasteiger partial charge in [-0.1, -0.05) is 23.2 Å². The van der Waals surface area contributed by atoms with E-state index >= 15 is 0 Å². The molecule has 34 heavy (non-hydrogen) atoms. The monoisotopic (exact) mass is 521 g/mol. The SMILES string of the molecule is [2H]CC(=O)OC[C@H]1OC(N2CCc3c(Cl)cc(Cl)cc32)[C@H](OC(=O)C[2H])[C@@H](OC(=O)C[2H])[C@@H]1OC(=O)C[2H]. The topological polar surface area (TPSA) is 118 Å². The van der Waals surface area contributed by atoms with Crippen molar-refractivity contribution in [3.8, 4) is 0 Å². The predicted molar refractivity (Wildman–Crippen MR) is 119 cm³/mol. The molecule has 2 aliphatic heterocycles. The van der Waals surface area contributed by atoms with E-state index in [9.17, 15) is 19.2 Å². The molecule has 12 heteroatoms. The maximum atomic E-state index is 12.3. The van der Waals surface area contributed by atoms with Gasteiger partial charge in [-0.15, -0.1) is 0 Å². The molecule has 1 aromatic carbocycles. The van der Waals surface area contributed by atoms with Crippen LogP contribution in [0, 0.1) is 0 Å². The summed E-state index contributed by atoms with van der Waals surface area (Å²) in [7, 11) is 0. The Hall–Kier alpha value is -2.56. The summed E-state index contributed by atoms with van der Waals surface area (Å²) in [6.45, 7) is -3.40. The van der Waals surface area contributed by atoms with Crippen LogP contribution in [0.4, 0.5) is 5.69 Å². The first-order valence-corrected chi connectivity index (χ1v) is 10.7. The number of anilines is 1. The third-order valence-electron chi connectivity index (χ3n) is 5.18. The summed E-state index contributed by atoms with van der Waals surface area (Å²) in [4.78, 5) is 50.0. The lowest BCUT2D eigenvalue weighted by molar-refractivity contribution is -0.252. The van der Waals surface area contributed by atoms with Crippen LogP contribution >= 0.6 is 23.2 Å². The van der Waals surface area contributed by atoms with Gasteiger partial charge in [0, 0.05) is 55.4 Å². The van der Waals surface area contributed by atoms with Crippen molar-refractivity contribution < 1.29 is 48.3 Å². The highest BCUT2D eigenvalue weighted by molar-refractivity contribution is 6.35. The Morgan fingerprint density at radius 2 is 1.59 bits per heavy atom. The Labute approximate surface area is 211 Å². The molecule has 0 N–H and O–H groups in total. The minimum Gasteiger partial charge on any atom is -0.463 e. The number of carbonyl (C=O) groups excluding carboxylic acids is 4. The van der Waals surface area contributed by atoms with E-state index in [1.165, 1.54) is 0 Å². The lowest BCUT2D eigenvalue weighted by Gasteiger charge is -2.47. The molecule has 5 atom stereocenters. The summed E-state index contributed by atoms with van der Waals surface area (Å²) in [6.07, 6.45) is -6.70. The average molecular weight is 522 g/mol. The molecule has 0 saturated carbocycles. The number of carbonyl (C=O) groups is 4. The third-order valence-corrected chi connectivity index (χ3v) is 5.73. The smallest absolute Gasteiger partial charge is 0.303 e. The molecule has 2 heterocycles. The standard InChI is InChI=1S/C22H25Cl2NO9/c1-10(26)30-9-18-19(31-11(2)27)20(32-12(3)28)21(33-13(4)29)22(34-18)25-6-5-15-16(24)7-14(23)8-17(15)25/h7-8,18-22H,5-6,9H2,1-4H3/t18-,19-,20+,21-,22?/m1/s1/i1D,2D,3D,4D. The van der Waals surface area contributed by atoms with Crippen LogP contribution in [-0.4, -0.2) is 67.7 Å². The molecule has 0 spiro atoms. The number of hydrogen-bond donors (Lipinski definition) is 0. The number of nitrogens with zero attached hydrogens (tertiary/aromatic N) is 1. The van der Waals surface area contributed by atoms with Gasteiger partial charge < -0.3 is 28.6 Å². The van der Waals surface area contributed by atoms with Gasteiger partial charge in [0.15, 0.2) is 24.5 Å². The van der Waals surface area contributed by atoms with Gasteiger partial charge >= 0.3 is 23.9 Å². The van der Waals surface area contributed by atoms with Crippen molar-refractivity contribution >= 4 is 52.8 Å². The zero-order valence-corrected chi connectivity index (χ0v) is 19.4. The summed E-state index contributed by atoms with van der Waals surface area (Å²) >= 11 is 12.6. The lowest BCUT2D eigenvalue weighted by atomic mass is 9.96. The molecular formula is C22H25Cl2NO9. The van der Waals surface area contributed by atoms with Crippen LogP contribution in [0.5, 0.6) is 0 Å². The Balaban J connectivity index is 2.10. The number of esters is 4. The van der Waals surface area contributed by atoms with E-state index in [1.54, 1.807) is 17.0 Å². The summed E-state index contributed by atoms with van der Waals surface area (Å²) in [6, 6.07) is 3.16. The van der Waals surface area contributed by atoms with Crippen molar-refractivity contribution in [3.05, 3.63) is 27.7 Å². The van der Waals surface area contributed by atoms with Crippen LogP contribution in [0.2, 0.25) is 10.0 Å². The summed E-state index contributed by atoms with van der Waals surface area (Å²) in [5, 5.41) is 0.683. The van der Waals surface area contributed by atoms with E-state index in [2.05, 4.69) is 0 Å². The molecule has 2 aliphatic rings. The molecule has 0 aliphatic carbocycles. The van der Waals surface area contributed by atoms with Crippen LogP contribution in [0.15, 0.2) is 12.1 Å². The van der Waals surface area contributed by atoms with E-state index < -0.39 is 88.7 Å². The van der Waals surface area contributed by atoms with Gasteiger partial charge in [-0.3, -0.25) is 19.2 Å². The number of benzene rings is 1. The van der Waals surface area contributed by atoms with E-state index in [1.807, 2.05) is 0 Å². The van der Waals surface area contributed by atoms with Gasteiger partial charge in [0.1, 0.15) is 12.7 Å². The van der Waals surface area contributed by atoms with Crippen LogP contribution in [0.25, 0.3) is 0 Å². The zero-order valence-electron chi connectivity index (χ0n) is 21.9. The minimum atomic E-state index is -1.57. The molecule has 1 aromatic rings. The quantitative estimate of drug-likeness (QED) is 0.407. The highest BCUT2D eigenvalue weighted by atomic mass is 35.5. The highest BCUT2D eigenvalue weighted by Gasteiger charge is 2.54. The van der Waals surface area contributed by atoms with E-state index in [4.69, 9.17) is 52.4 Å². The first kappa shape index (κ1) is 20.8. The summed E-state index contributed by atoms with van der Waals surface area (Å²) < 4.78 is 56.7. The van der Waals surface area contributed by atoms with Crippen molar-refractivity contribution in [1.29, 1.82) is 0 Å². The first-order chi connectivity index (χ1) is 18.1. The minimum absolute atomic E-state index is 0.282. The van der Waals surface area contributed by atoms with Crippen molar-refractivity contribution in [2.45, 2.75) is 64.7 Å². The molecular weight excluding hydrogens is 493 g/mol. The van der Waals surface area contributed by atoms with Gasteiger partial charge in [0.2, 0.25) is 0 Å². The van der Waals surface area contributed by atoms with Gasteiger partial charge in [-0.25, -0.2) is 0 Å². The fraction of sp³-hybridized carbons (Fsp3) is 0.545. The summed E-state index contributed by atoms with van der Waals surface area (Å²) in [5.41, 5.74) is 1.23. The van der Waals surface area contributed by atoms with Crippen LogP contribution in [0.3, 0.4) is 0 Å². The lowest BCUT2D eigenvalue weighted by Crippen LogP contribution is -2.66. The van der Waals surface area contributed by atoms with Crippen molar-refractivity contribution in [2.24, 2.45) is 0 Å². The molecule has 1 fully saturated rings. The second kappa shape index (κ2) is 10.8. The molecule has 0 aromatic heterocycles. The molecule has 10 nitrogen and oxygen atoms in total. The largest absolute Gasteiger partial charge is 0.463 e. The van der Waals surface area contributed by atoms with Gasteiger partial charge in [-0.05, 0) is 24.1 Å². The molecule has 0 bridgehead atoms. The summed E-state index contributed by atoms with van der Waals surface area (Å²) in [5.74, 6) is -4.02. The van der Waals surface area contributed by atoms with Gasteiger partial charge in [0.05, 0.1) is 0 Å². The number of ether oxygens (including phenoxy) is 5. The predicted octanol–water partition coefficient (Wildman–Crippen LogP) is 2.44. The fourth-order valence-corrected chi connectivity index (χ4v) is 4.60. The number of rotatable bonds is 6. The molecule has 0 amide bonds. The fourth-order valence-electron chi connectivity index (χ4n) is 4.02. The van der Waals surface area contributed by atoms with E-state index in [-0.39, 0.29) is 6.54 Å². The van der Waals surface area contributed by atoms with Gasteiger partial charge in [0.25, 0.3) is 0 Å². The van der Waals surface area contributed by atoms with Crippen LogP contribution in [0.1, 0.15) is 38.6 Å². The Kier molecular flexibility index (Phi) is 6.60. The Morgan fingerprint density at radius 1 is 0.971 bits per heavy atom. The highest BCUT2D eigenvalue weighted by Crippen LogP contribution is 2.41. The van der Waals surface area contributed by atoms with Crippen molar-refractivity contribution in [3.63, 3.8) is 0 Å². The third kappa shape index (κ3) is 5.92. The molecule has 186 valence electrons. The maximum Gasteiger partial charge on any atom is 0.303 e. The number of halogens is 2. The van der Waals surface area contributed by atoms with Crippen molar-refractivity contribution in [1.82, 2.24) is 0 Å². The Morgan fingerprint density at radius 3 is 2.24 bits per heavy atom. The van der Waals surface area contributed by atoms with Crippen molar-refractivity contribution in [2.75, 3.05) is 18.1 Å². The zero-order chi connectivity index (χ0) is 28.0. The second-order valence-corrected chi connectivity index (χ2v) is 8.28. The van der Waals surface area contributed by atoms with Gasteiger partial charge in [-0.2, -0.15) is 0 Å². The Bertz CT molecular complexity index is 1070. The molecule has 1 saturated heterocycles. The normalized spacial score (nSPS) is 27.4. The van der Waals surface area contributed by atoms with E-state index in [0.717, 1.165) is 0 Å². The van der Waals surface area contributed by atoms with Crippen LogP contribution in [-0.2, 0) is 49.3 Å². The average Bonchev–Trinajstić information content (AvgIpc) is 3.32. The number of hydrogen-bond acceptors (Lipinski definition) is 10. The molecule has 3 rings (SSSR count). The van der Waals surface area contributed by atoms with Crippen LogP contribution < -0.4 is 4.90 Å². The first-order valence-electron chi connectivity index (χ1n) is 12.8. The van der Waals surface area contributed by atoms with E-state index in [0.29, 0.717) is 27.7 Å². The maximum absolute atomic E-state index is 12.3.